The average molecular weight is 265 g/mol. The number of thioether (sulfide) groups is 1. The molecule has 0 radical (unpaired) electrons. The summed E-state index contributed by atoms with van der Waals surface area (Å²) in [6, 6.07) is 6.36. The molecule has 1 saturated heterocycles. The number of ether oxygens (including phenoxy) is 1. The first-order valence-electron chi connectivity index (χ1n) is 6.75. The summed E-state index contributed by atoms with van der Waals surface area (Å²) >= 11 is 2.12. The van der Waals surface area contributed by atoms with E-state index in [-0.39, 0.29) is 0 Å². The quantitative estimate of drug-likeness (QED) is 0.882. The molecule has 1 aromatic rings. The van der Waals surface area contributed by atoms with Crippen LogP contribution in [0.15, 0.2) is 18.2 Å². The summed E-state index contributed by atoms with van der Waals surface area (Å²) < 4.78 is 5.40. The van der Waals surface area contributed by atoms with Gasteiger partial charge in [0.05, 0.1) is 7.11 Å². The van der Waals surface area contributed by atoms with E-state index in [0.717, 1.165) is 24.1 Å². The molecule has 1 atom stereocenters. The predicted molar refractivity (Wildman–Crippen MR) is 79.5 cm³/mol. The monoisotopic (exact) mass is 265 g/mol. The molecule has 0 aromatic heterocycles. The molecule has 3 heteroatoms. The van der Waals surface area contributed by atoms with Crippen molar-refractivity contribution in [2.24, 2.45) is 0 Å². The molecule has 1 heterocycles. The van der Waals surface area contributed by atoms with E-state index < -0.39 is 0 Å². The fraction of sp³-hybridized carbons (Fsp3) is 0.600. The maximum absolute atomic E-state index is 5.40. The molecule has 0 saturated carbocycles. The molecular weight excluding hydrogens is 242 g/mol. The molecule has 2 rings (SSSR count). The first kappa shape index (κ1) is 13.8. The van der Waals surface area contributed by atoms with E-state index in [1.807, 2.05) is 0 Å². The Bertz CT molecular complexity index is 375. The van der Waals surface area contributed by atoms with Gasteiger partial charge in [0, 0.05) is 23.9 Å². The van der Waals surface area contributed by atoms with Crippen molar-refractivity contribution in [1.82, 2.24) is 5.32 Å². The lowest BCUT2D eigenvalue weighted by molar-refractivity contribution is 0.407. The van der Waals surface area contributed by atoms with Gasteiger partial charge in [-0.05, 0) is 31.6 Å². The number of hydrogen-bond donors (Lipinski definition) is 1. The van der Waals surface area contributed by atoms with Crippen LogP contribution in [0.1, 0.15) is 30.4 Å². The summed E-state index contributed by atoms with van der Waals surface area (Å²) in [6.45, 7) is 4.14. The van der Waals surface area contributed by atoms with Crippen LogP contribution in [0.3, 0.4) is 0 Å². The minimum absolute atomic E-state index is 0.801. The fourth-order valence-electron chi connectivity index (χ4n) is 2.38. The Hall–Kier alpha value is -0.670. The Morgan fingerprint density at radius 2 is 2.28 bits per heavy atom. The lowest BCUT2D eigenvalue weighted by Crippen LogP contribution is -2.26. The number of methoxy groups -OCH3 is 1. The molecule has 2 nitrogen and oxygen atoms in total. The van der Waals surface area contributed by atoms with E-state index in [1.165, 1.54) is 36.1 Å². The average Bonchev–Trinajstić information content (AvgIpc) is 2.40. The maximum atomic E-state index is 5.40. The Morgan fingerprint density at radius 1 is 1.39 bits per heavy atom. The highest BCUT2D eigenvalue weighted by atomic mass is 32.2. The van der Waals surface area contributed by atoms with Gasteiger partial charge < -0.3 is 10.1 Å². The number of benzene rings is 1. The number of aryl methyl sites for hydroxylation is 1. The molecule has 0 aliphatic carbocycles. The van der Waals surface area contributed by atoms with Gasteiger partial charge in [-0.25, -0.2) is 0 Å². The molecule has 1 aliphatic heterocycles. The van der Waals surface area contributed by atoms with Gasteiger partial charge in [-0.3, -0.25) is 0 Å². The Kier molecular flexibility index (Phi) is 5.39. The van der Waals surface area contributed by atoms with Crippen LogP contribution in [0.4, 0.5) is 0 Å². The van der Waals surface area contributed by atoms with Gasteiger partial charge in [0.15, 0.2) is 0 Å². The zero-order chi connectivity index (χ0) is 12.8. The topological polar surface area (TPSA) is 21.3 Å². The first-order chi connectivity index (χ1) is 8.79. The molecule has 0 spiro atoms. The van der Waals surface area contributed by atoms with Crippen LogP contribution in [0, 0.1) is 6.92 Å². The van der Waals surface area contributed by atoms with E-state index in [0.29, 0.717) is 0 Å². The Morgan fingerprint density at radius 3 is 3.00 bits per heavy atom. The van der Waals surface area contributed by atoms with E-state index in [2.05, 4.69) is 42.2 Å². The van der Waals surface area contributed by atoms with Crippen LogP contribution in [0.5, 0.6) is 5.75 Å². The van der Waals surface area contributed by atoms with E-state index in [1.54, 1.807) is 7.11 Å². The van der Waals surface area contributed by atoms with Gasteiger partial charge in [-0.15, -0.1) is 0 Å². The van der Waals surface area contributed by atoms with Gasteiger partial charge >= 0.3 is 0 Å². The zero-order valence-electron chi connectivity index (χ0n) is 11.4. The number of nitrogens with one attached hydrogen (secondary N) is 1. The smallest absolute Gasteiger partial charge is 0.123 e. The molecule has 1 unspecified atom stereocenters. The van der Waals surface area contributed by atoms with Crippen molar-refractivity contribution in [3.05, 3.63) is 29.3 Å². The van der Waals surface area contributed by atoms with Crippen LogP contribution >= 0.6 is 11.8 Å². The predicted octanol–water partition coefficient (Wildman–Crippen LogP) is 3.38. The summed E-state index contributed by atoms with van der Waals surface area (Å²) in [4.78, 5) is 0. The van der Waals surface area contributed by atoms with Crippen molar-refractivity contribution in [3.8, 4) is 5.75 Å². The first-order valence-corrected chi connectivity index (χ1v) is 7.80. The summed E-state index contributed by atoms with van der Waals surface area (Å²) in [7, 11) is 1.74. The molecular formula is C15H23NOS. The lowest BCUT2D eigenvalue weighted by atomic mass is 10.1. The standard InChI is InChI=1S/C15H23NOS/c1-12-6-7-15(17-2)13(9-12)10-16-11-14-5-3-4-8-18-14/h6-7,9,14,16H,3-5,8,10-11H2,1-2H3. The number of hydrogen-bond acceptors (Lipinski definition) is 3. The highest BCUT2D eigenvalue weighted by molar-refractivity contribution is 7.99. The van der Waals surface area contributed by atoms with Gasteiger partial charge in [0.2, 0.25) is 0 Å². The molecule has 0 amide bonds. The molecule has 1 aliphatic rings. The molecule has 0 bridgehead atoms. The van der Waals surface area contributed by atoms with Crippen molar-refractivity contribution >= 4 is 11.8 Å². The third-order valence-electron chi connectivity index (χ3n) is 3.40. The normalized spacial score (nSPS) is 19.8. The molecule has 1 fully saturated rings. The van der Waals surface area contributed by atoms with Crippen molar-refractivity contribution in [3.63, 3.8) is 0 Å². The van der Waals surface area contributed by atoms with E-state index >= 15 is 0 Å². The van der Waals surface area contributed by atoms with Gasteiger partial charge in [-0.2, -0.15) is 11.8 Å². The van der Waals surface area contributed by atoms with Gasteiger partial charge in [-0.1, -0.05) is 24.1 Å². The van der Waals surface area contributed by atoms with Crippen LogP contribution in [0.2, 0.25) is 0 Å². The zero-order valence-corrected chi connectivity index (χ0v) is 12.2. The fourth-order valence-corrected chi connectivity index (χ4v) is 3.65. The second kappa shape index (κ2) is 7.05. The molecule has 1 aromatic carbocycles. The third-order valence-corrected chi connectivity index (χ3v) is 4.80. The molecule has 18 heavy (non-hydrogen) atoms. The Labute approximate surface area is 114 Å². The van der Waals surface area contributed by atoms with Crippen LogP contribution < -0.4 is 10.1 Å². The van der Waals surface area contributed by atoms with Crippen molar-refractivity contribution in [2.45, 2.75) is 38.0 Å². The number of rotatable bonds is 5. The minimum Gasteiger partial charge on any atom is -0.496 e. The highest BCUT2D eigenvalue weighted by Crippen LogP contribution is 2.24. The summed E-state index contributed by atoms with van der Waals surface area (Å²) in [5.74, 6) is 2.32. The van der Waals surface area contributed by atoms with E-state index in [4.69, 9.17) is 4.74 Å². The van der Waals surface area contributed by atoms with Crippen molar-refractivity contribution in [2.75, 3.05) is 19.4 Å². The van der Waals surface area contributed by atoms with Crippen LogP contribution in [-0.4, -0.2) is 24.7 Å². The molecule has 100 valence electrons. The van der Waals surface area contributed by atoms with Crippen molar-refractivity contribution < 1.29 is 4.74 Å². The van der Waals surface area contributed by atoms with Gasteiger partial charge in [0.25, 0.3) is 0 Å². The lowest BCUT2D eigenvalue weighted by Gasteiger charge is -2.21. The van der Waals surface area contributed by atoms with Crippen LogP contribution in [0.25, 0.3) is 0 Å². The maximum Gasteiger partial charge on any atom is 0.123 e. The van der Waals surface area contributed by atoms with Crippen molar-refractivity contribution in [1.29, 1.82) is 0 Å². The van der Waals surface area contributed by atoms with Gasteiger partial charge in [0.1, 0.15) is 5.75 Å². The summed E-state index contributed by atoms with van der Waals surface area (Å²) in [6.07, 6.45) is 4.16. The van der Waals surface area contributed by atoms with E-state index in [9.17, 15) is 0 Å². The summed E-state index contributed by atoms with van der Waals surface area (Å²) in [5, 5.41) is 4.37. The van der Waals surface area contributed by atoms with Crippen LogP contribution in [-0.2, 0) is 6.54 Å². The Balaban J connectivity index is 1.83. The SMILES string of the molecule is COc1ccc(C)cc1CNCC1CCCCS1. The summed E-state index contributed by atoms with van der Waals surface area (Å²) in [5.41, 5.74) is 2.55. The highest BCUT2D eigenvalue weighted by Gasteiger charge is 2.13. The second-order valence-electron chi connectivity index (χ2n) is 4.93. The molecule has 1 N–H and O–H groups in total. The minimum atomic E-state index is 0.801. The third kappa shape index (κ3) is 3.92. The largest absolute Gasteiger partial charge is 0.496 e. The second-order valence-corrected chi connectivity index (χ2v) is 6.34.